The van der Waals surface area contributed by atoms with Gasteiger partial charge >= 0.3 is 79.8 Å². The fraction of sp³-hybridized carbons (Fsp3) is 1.00. The van der Waals surface area contributed by atoms with E-state index in [2.05, 4.69) is 14.8 Å². The van der Waals surface area contributed by atoms with Crippen LogP contribution in [0, 0.1) is 0 Å². The van der Waals surface area contributed by atoms with E-state index in [1.165, 1.54) is 25.7 Å². The number of hydrogen-bond acceptors (Lipinski definition) is 1. The van der Waals surface area contributed by atoms with Crippen molar-refractivity contribution >= 4 is 18.4 Å². The first-order chi connectivity index (χ1) is 5.52. The molecule has 70 valence electrons. The molecule has 0 bridgehead atoms. The van der Waals surface area contributed by atoms with Crippen molar-refractivity contribution in [3.8, 4) is 0 Å². The van der Waals surface area contributed by atoms with Gasteiger partial charge in [0.15, 0.2) is 0 Å². The molecule has 0 aromatic carbocycles. The average Bonchev–Trinajstić information content (AvgIpc) is 2.68. The Bertz CT molecular complexity index is 179. The van der Waals surface area contributed by atoms with Gasteiger partial charge in [-0.05, 0) is 0 Å². The topological polar surface area (TPSA) is 12.5 Å². The molecule has 1 saturated heterocycles. The summed E-state index contributed by atoms with van der Waals surface area (Å²) in [5, 5.41) is 0. The van der Waals surface area contributed by atoms with E-state index in [9.17, 15) is 0 Å². The zero-order chi connectivity index (χ0) is 8.82. The maximum absolute atomic E-state index is 5.60. The SMILES string of the molecule is [CH3][Sn]([CH3])([CH3])[C@@H]1CCC[C@]2(CO2)C1. The summed E-state index contributed by atoms with van der Waals surface area (Å²) in [7, 11) is 0. The Kier molecular flexibility index (Phi) is 2.23. The molecule has 1 aliphatic heterocycles. The molecule has 0 unspecified atom stereocenters. The van der Waals surface area contributed by atoms with Crippen molar-refractivity contribution in [2.24, 2.45) is 0 Å². The number of ether oxygens (including phenoxy) is 1. The van der Waals surface area contributed by atoms with Crippen LogP contribution in [0.3, 0.4) is 0 Å². The number of rotatable bonds is 1. The maximum atomic E-state index is 5.60. The first-order valence-electron chi connectivity index (χ1n) is 5.16. The van der Waals surface area contributed by atoms with Gasteiger partial charge in [0.05, 0.1) is 0 Å². The minimum atomic E-state index is -1.59. The summed E-state index contributed by atoms with van der Waals surface area (Å²) in [6.45, 7) is 1.07. The van der Waals surface area contributed by atoms with Gasteiger partial charge in [-0.15, -0.1) is 0 Å². The quantitative estimate of drug-likeness (QED) is 0.529. The van der Waals surface area contributed by atoms with E-state index in [1.54, 1.807) is 0 Å². The van der Waals surface area contributed by atoms with Crippen LogP contribution in [-0.2, 0) is 4.74 Å². The molecule has 0 amide bonds. The molecule has 0 aromatic rings. The molecule has 1 nitrogen and oxygen atoms in total. The van der Waals surface area contributed by atoms with Gasteiger partial charge in [0, 0.05) is 0 Å². The van der Waals surface area contributed by atoms with Crippen molar-refractivity contribution in [1.29, 1.82) is 0 Å². The first kappa shape index (κ1) is 9.32. The van der Waals surface area contributed by atoms with Gasteiger partial charge < -0.3 is 0 Å². The molecule has 1 aliphatic carbocycles. The van der Waals surface area contributed by atoms with E-state index in [4.69, 9.17) is 4.74 Å². The molecule has 2 atom stereocenters. The van der Waals surface area contributed by atoms with Crippen molar-refractivity contribution in [3.63, 3.8) is 0 Å². The summed E-state index contributed by atoms with van der Waals surface area (Å²) in [5.74, 6) is 0. The summed E-state index contributed by atoms with van der Waals surface area (Å²) in [6.07, 6.45) is 5.70. The molecular formula is C10H20OSn. The second-order valence-corrected chi connectivity index (χ2v) is 21.5. The van der Waals surface area contributed by atoms with Crippen LogP contribution in [0.4, 0.5) is 0 Å². The van der Waals surface area contributed by atoms with Gasteiger partial charge in [-0.25, -0.2) is 0 Å². The Morgan fingerprint density at radius 1 is 1.33 bits per heavy atom. The predicted octanol–water partition coefficient (Wildman–Crippen LogP) is 3.04. The van der Waals surface area contributed by atoms with Crippen molar-refractivity contribution < 1.29 is 4.74 Å². The van der Waals surface area contributed by atoms with Gasteiger partial charge in [-0.1, -0.05) is 0 Å². The number of hydrogen-bond donors (Lipinski definition) is 0. The third kappa shape index (κ3) is 1.82. The zero-order valence-corrected chi connectivity index (χ0v) is 11.4. The normalized spacial score (nSPS) is 41.8. The van der Waals surface area contributed by atoms with Gasteiger partial charge in [-0.2, -0.15) is 0 Å². The molecule has 2 fully saturated rings. The molecule has 2 heteroatoms. The third-order valence-corrected chi connectivity index (χ3v) is 12.0. The second kappa shape index (κ2) is 2.87. The molecule has 1 spiro atoms. The van der Waals surface area contributed by atoms with E-state index >= 15 is 0 Å². The Balaban J connectivity index is 1.99. The van der Waals surface area contributed by atoms with Gasteiger partial charge in [0.2, 0.25) is 0 Å². The van der Waals surface area contributed by atoms with E-state index in [1.807, 2.05) is 0 Å². The third-order valence-electron chi connectivity index (χ3n) is 3.58. The van der Waals surface area contributed by atoms with E-state index in [0.29, 0.717) is 5.60 Å². The Hall–Kier alpha value is 0.759. The standard InChI is InChI=1S/C7H11O.3CH3.Sn/c1-2-4-7(5-3-1)6-8-7;;;;/h2H,1,3-6H2;3*1H3;/t7-;;;;/m0..../s1. The molecular weight excluding hydrogens is 255 g/mol. The Labute approximate surface area is 79.7 Å². The summed E-state index contributed by atoms with van der Waals surface area (Å²) in [4.78, 5) is 7.71. The van der Waals surface area contributed by atoms with Crippen LogP contribution >= 0.6 is 0 Å². The summed E-state index contributed by atoms with van der Waals surface area (Å²) < 4.78 is 6.69. The Morgan fingerprint density at radius 2 is 2.00 bits per heavy atom. The first-order valence-corrected chi connectivity index (χ1v) is 15.4. The van der Waals surface area contributed by atoms with Crippen LogP contribution in [0.25, 0.3) is 0 Å². The van der Waals surface area contributed by atoms with Crippen LogP contribution in [0.2, 0.25) is 18.8 Å². The van der Waals surface area contributed by atoms with E-state index in [-0.39, 0.29) is 0 Å². The molecule has 0 N–H and O–H groups in total. The van der Waals surface area contributed by atoms with Crippen molar-refractivity contribution in [2.45, 2.75) is 50.0 Å². The van der Waals surface area contributed by atoms with Crippen LogP contribution in [-0.4, -0.2) is 30.6 Å². The summed E-state index contributed by atoms with van der Waals surface area (Å²) in [5.41, 5.74) is 0.410. The van der Waals surface area contributed by atoms with Gasteiger partial charge in [0.25, 0.3) is 0 Å². The summed E-state index contributed by atoms with van der Waals surface area (Å²) >= 11 is -1.59. The average molecular weight is 275 g/mol. The molecule has 0 radical (unpaired) electrons. The number of epoxide rings is 1. The zero-order valence-electron chi connectivity index (χ0n) is 8.52. The minimum absolute atomic E-state index is 0.410. The van der Waals surface area contributed by atoms with E-state index in [0.717, 1.165) is 10.5 Å². The fourth-order valence-corrected chi connectivity index (χ4v) is 8.29. The van der Waals surface area contributed by atoms with Crippen molar-refractivity contribution in [2.75, 3.05) is 6.61 Å². The fourth-order valence-electron chi connectivity index (χ4n) is 2.43. The Morgan fingerprint density at radius 3 is 2.50 bits per heavy atom. The molecule has 2 rings (SSSR count). The van der Waals surface area contributed by atoms with Crippen LogP contribution in [0.1, 0.15) is 25.7 Å². The monoisotopic (exact) mass is 276 g/mol. The van der Waals surface area contributed by atoms with Crippen molar-refractivity contribution in [3.05, 3.63) is 0 Å². The molecule has 2 aliphatic rings. The molecule has 1 saturated carbocycles. The van der Waals surface area contributed by atoms with Crippen LogP contribution < -0.4 is 0 Å². The van der Waals surface area contributed by atoms with Crippen LogP contribution in [0.15, 0.2) is 0 Å². The molecule has 1 heterocycles. The molecule has 12 heavy (non-hydrogen) atoms. The van der Waals surface area contributed by atoms with E-state index < -0.39 is 18.4 Å². The summed E-state index contributed by atoms with van der Waals surface area (Å²) in [6, 6.07) is 0. The molecule has 0 aromatic heterocycles. The van der Waals surface area contributed by atoms with Crippen molar-refractivity contribution in [1.82, 2.24) is 0 Å². The second-order valence-electron chi connectivity index (χ2n) is 5.63. The van der Waals surface area contributed by atoms with Crippen LogP contribution in [0.5, 0.6) is 0 Å². The van der Waals surface area contributed by atoms with Gasteiger partial charge in [-0.3, -0.25) is 0 Å². The van der Waals surface area contributed by atoms with Gasteiger partial charge in [0.1, 0.15) is 0 Å². The predicted molar refractivity (Wildman–Crippen MR) is 54.2 cm³/mol.